The molecule has 0 radical (unpaired) electrons. The number of hydrogen-bond acceptors (Lipinski definition) is 4. The lowest BCUT2D eigenvalue weighted by Gasteiger charge is -2.08. The third-order valence-corrected chi connectivity index (χ3v) is 2.86. The summed E-state index contributed by atoms with van der Waals surface area (Å²) in [5, 5.41) is 9.26. The van der Waals surface area contributed by atoms with Crippen LogP contribution in [-0.4, -0.2) is 18.3 Å². The first-order valence-corrected chi connectivity index (χ1v) is 6.21. The Hall–Kier alpha value is -2.50. The summed E-state index contributed by atoms with van der Waals surface area (Å²) in [4.78, 5) is 11.8. The van der Waals surface area contributed by atoms with Crippen LogP contribution in [0.3, 0.4) is 0 Å². The van der Waals surface area contributed by atoms with Crippen molar-refractivity contribution < 1.29 is 14.1 Å². The van der Waals surface area contributed by atoms with E-state index >= 15 is 0 Å². The fourth-order valence-electron chi connectivity index (χ4n) is 1.78. The number of nitrogens with zero attached hydrogens (tertiary/aromatic N) is 1. The summed E-state index contributed by atoms with van der Waals surface area (Å²) in [5.74, 6) is 1.34. The Balaban J connectivity index is 1.92. The smallest absolute Gasteiger partial charge is 0.319 e. The van der Waals surface area contributed by atoms with Gasteiger partial charge in [-0.25, -0.2) is 4.79 Å². The Morgan fingerprint density at radius 2 is 2.20 bits per heavy atom. The lowest BCUT2D eigenvalue weighted by molar-refractivity contribution is 0.251. The molecule has 0 atom stereocenters. The highest BCUT2D eigenvalue weighted by atomic mass is 16.5. The van der Waals surface area contributed by atoms with Gasteiger partial charge >= 0.3 is 6.03 Å². The van der Waals surface area contributed by atoms with Gasteiger partial charge in [-0.3, -0.25) is 0 Å². The monoisotopic (exact) mass is 275 g/mol. The zero-order valence-corrected chi connectivity index (χ0v) is 11.7. The van der Waals surface area contributed by atoms with Gasteiger partial charge in [0.15, 0.2) is 5.76 Å². The van der Waals surface area contributed by atoms with Gasteiger partial charge in [-0.05, 0) is 31.5 Å². The number of amides is 2. The number of benzene rings is 1. The van der Waals surface area contributed by atoms with Gasteiger partial charge in [0, 0.05) is 6.54 Å². The zero-order valence-electron chi connectivity index (χ0n) is 11.7. The fourth-order valence-corrected chi connectivity index (χ4v) is 1.78. The van der Waals surface area contributed by atoms with E-state index in [1.165, 1.54) is 0 Å². The summed E-state index contributed by atoms with van der Waals surface area (Å²) in [6, 6.07) is 7.21. The van der Waals surface area contributed by atoms with Crippen LogP contribution < -0.4 is 15.4 Å². The maximum atomic E-state index is 11.8. The summed E-state index contributed by atoms with van der Waals surface area (Å²) in [7, 11) is 1.61. The Labute approximate surface area is 117 Å². The maximum Gasteiger partial charge on any atom is 0.319 e. The van der Waals surface area contributed by atoms with Crippen LogP contribution in [0.1, 0.15) is 17.0 Å². The first kappa shape index (κ1) is 13.9. The molecule has 2 N–H and O–H groups in total. The molecule has 0 unspecified atom stereocenters. The summed E-state index contributed by atoms with van der Waals surface area (Å²) in [6.07, 6.45) is 0. The molecule has 2 aromatic rings. The van der Waals surface area contributed by atoms with Crippen molar-refractivity contribution in [3.05, 3.63) is 41.3 Å². The molecular weight excluding hydrogens is 258 g/mol. The molecule has 1 aromatic carbocycles. The van der Waals surface area contributed by atoms with Gasteiger partial charge in [-0.15, -0.1) is 0 Å². The van der Waals surface area contributed by atoms with E-state index in [0.29, 0.717) is 23.7 Å². The van der Waals surface area contributed by atoms with Crippen molar-refractivity contribution in [1.29, 1.82) is 0 Å². The molecule has 2 amide bonds. The summed E-state index contributed by atoms with van der Waals surface area (Å²) < 4.78 is 10.1. The molecule has 0 aliphatic rings. The van der Waals surface area contributed by atoms with E-state index < -0.39 is 0 Å². The highest BCUT2D eigenvalue weighted by Gasteiger charge is 2.11. The molecule has 2 rings (SSSR count). The molecule has 0 saturated heterocycles. The minimum Gasteiger partial charge on any atom is -0.497 e. The summed E-state index contributed by atoms with van der Waals surface area (Å²) >= 11 is 0. The average Bonchev–Trinajstić information content (AvgIpc) is 2.77. The van der Waals surface area contributed by atoms with Gasteiger partial charge in [-0.2, -0.15) is 0 Å². The van der Waals surface area contributed by atoms with E-state index in [4.69, 9.17) is 9.26 Å². The molecule has 0 saturated carbocycles. The lowest BCUT2D eigenvalue weighted by Crippen LogP contribution is -2.28. The number of anilines is 1. The molecule has 1 heterocycles. The Kier molecular flexibility index (Phi) is 4.24. The van der Waals surface area contributed by atoms with Gasteiger partial charge in [0.05, 0.1) is 7.11 Å². The largest absolute Gasteiger partial charge is 0.497 e. The van der Waals surface area contributed by atoms with Gasteiger partial charge in [0.1, 0.15) is 17.1 Å². The SMILES string of the molecule is COc1cccc(CNC(=O)Nc2c(C)noc2C)c1. The third kappa shape index (κ3) is 3.28. The van der Waals surface area contributed by atoms with Crippen molar-refractivity contribution in [2.24, 2.45) is 0 Å². The molecule has 6 nitrogen and oxygen atoms in total. The number of carbonyl (C=O) groups excluding carboxylic acids is 1. The van der Waals surface area contributed by atoms with Crippen LogP contribution in [-0.2, 0) is 6.54 Å². The normalized spacial score (nSPS) is 10.2. The molecule has 6 heteroatoms. The molecule has 106 valence electrons. The number of hydrogen-bond donors (Lipinski definition) is 2. The second-order valence-corrected chi connectivity index (χ2v) is 4.36. The minimum absolute atomic E-state index is 0.304. The standard InChI is InChI=1S/C14H17N3O3/c1-9-13(10(2)20-17-9)16-14(18)15-8-11-5-4-6-12(7-11)19-3/h4-7H,8H2,1-3H3,(H2,15,16,18). The highest BCUT2D eigenvalue weighted by Crippen LogP contribution is 2.18. The van der Waals surface area contributed by atoms with E-state index in [1.54, 1.807) is 21.0 Å². The minimum atomic E-state index is -0.304. The second kappa shape index (κ2) is 6.10. The molecular formula is C14H17N3O3. The van der Waals surface area contributed by atoms with Gasteiger partial charge in [-0.1, -0.05) is 17.3 Å². The molecule has 0 spiro atoms. The third-order valence-electron chi connectivity index (χ3n) is 2.86. The molecule has 0 fully saturated rings. The van der Waals surface area contributed by atoms with Gasteiger partial charge < -0.3 is 19.9 Å². The number of nitrogens with one attached hydrogen (secondary N) is 2. The lowest BCUT2D eigenvalue weighted by atomic mass is 10.2. The van der Waals surface area contributed by atoms with Crippen LogP contribution in [0.25, 0.3) is 0 Å². The van der Waals surface area contributed by atoms with Crippen molar-refractivity contribution in [2.45, 2.75) is 20.4 Å². The Bertz CT molecular complexity index is 588. The van der Waals surface area contributed by atoms with Crippen molar-refractivity contribution in [3.63, 3.8) is 0 Å². The van der Waals surface area contributed by atoms with Crippen molar-refractivity contribution >= 4 is 11.7 Å². The van der Waals surface area contributed by atoms with E-state index in [-0.39, 0.29) is 6.03 Å². The fraction of sp³-hybridized carbons (Fsp3) is 0.286. The van der Waals surface area contributed by atoms with Crippen molar-refractivity contribution in [3.8, 4) is 5.75 Å². The zero-order chi connectivity index (χ0) is 14.5. The van der Waals surface area contributed by atoms with E-state index in [9.17, 15) is 4.79 Å². The molecule has 20 heavy (non-hydrogen) atoms. The Morgan fingerprint density at radius 3 is 2.85 bits per heavy atom. The molecule has 0 bridgehead atoms. The number of aryl methyl sites for hydroxylation is 2. The highest BCUT2D eigenvalue weighted by molar-refractivity contribution is 5.90. The van der Waals surface area contributed by atoms with Gasteiger partial charge in [0.2, 0.25) is 0 Å². The number of rotatable bonds is 4. The molecule has 0 aliphatic carbocycles. The average molecular weight is 275 g/mol. The number of urea groups is 1. The van der Waals surface area contributed by atoms with Crippen LogP contribution in [0.5, 0.6) is 5.75 Å². The number of methoxy groups -OCH3 is 1. The number of ether oxygens (including phenoxy) is 1. The predicted octanol–water partition coefficient (Wildman–Crippen LogP) is 2.62. The molecule has 0 aliphatic heterocycles. The number of carbonyl (C=O) groups is 1. The van der Waals surface area contributed by atoms with Crippen LogP contribution in [0, 0.1) is 13.8 Å². The second-order valence-electron chi connectivity index (χ2n) is 4.36. The van der Waals surface area contributed by atoms with E-state index in [1.807, 2.05) is 24.3 Å². The Morgan fingerprint density at radius 1 is 1.40 bits per heavy atom. The quantitative estimate of drug-likeness (QED) is 0.899. The van der Waals surface area contributed by atoms with Crippen LogP contribution >= 0.6 is 0 Å². The number of aromatic nitrogens is 1. The first-order chi connectivity index (χ1) is 9.60. The van der Waals surface area contributed by atoms with Gasteiger partial charge in [0.25, 0.3) is 0 Å². The van der Waals surface area contributed by atoms with E-state index in [0.717, 1.165) is 11.3 Å². The first-order valence-electron chi connectivity index (χ1n) is 6.21. The topological polar surface area (TPSA) is 76.4 Å². The van der Waals surface area contributed by atoms with E-state index in [2.05, 4.69) is 15.8 Å². The van der Waals surface area contributed by atoms with Crippen LogP contribution in [0.15, 0.2) is 28.8 Å². The summed E-state index contributed by atoms with van der Waals surface area (Å²) in [5.41, 5.74) is 2.21. The van der Waals surface area contributed by atoms with Crippen molar-refractivity contribution in [2.75, 3.05) is 12.4 Å². The molecule has 1 aromatic heterocycles. The van der Waals surface area contributed by atoms with Crippen molar-refractivity contribution in [1.82, 2.24) is 10.5 Å². The predicted molar refractivity (Wildman–Crippen MR) is 74.8 cm³/mol. The summed E-state index contributed by atoms with van der Waals surface area (Å²) in [6.45, 7) is 3.93. The van der Waals surface area contributed by atoms with Crippen LogP contribution in [0.4, 0.5) is 10.5 Å². The van der Waals surface area contributed by atoms with Crippen LogP contribution in [0.2, 0.25) is 0 Å². The maximum absolute atomic E-state index is 11.8.